The van der Waals surface area contributed by atoms with Crippen LogP contribution in [0.5, 0.6) is 0 Å². The number of rotatable bonds is 5. The Morgan fingerprint density at radius 3 is 2.52 bits per heavy atom. The van der Waals surface area contributed by atoms with Crippen LogP contribution in [0.25, 0.3) is 0 Å². The number of benzene rings is 1. The molecule has 0 aromatic heterocycles. The Balaban J connectivity index is 1.33. The maximum absolute atomic E-state index is 12.8. The third-order valence-corrected chi connectivity index (χ3v) is 7.99. The molecular formula is C22H31N3O3S. The molecule has 158 valence electrons. The summed E-state index contributed by atoms with van der Waals surface area (Å²) in [5, 5.41) is 0. The molecule has 5 rings (SSSR count). The molecule has 1 amide bonds. The zero-order chi connectivity index (χ0) is 20.4. The second-order valence-corrected chi connectivity index (χ2v) is 10.5. The van der Waals surface area contributed by atoms with E-state index in [0.29, 0.717) is 23.9 Å². The van der Waals surface area contributed by atoms with E-state index in [-0.39, 0.29) is 11.8 Å². The first-order valence-electron chi connectivity index (χ1n) is 10.7. The number of nitrogens with zero attached hydrogens (tertiary/aromatic N) is 2. The van der Waals surface area contributed by atoms with Crippen LogP contribution in [-0.4, -0.2) is 63.4 Å². The topological polar surface area (TPSA) is 69.7 Å². The van der Waals surface area contributed by atoms with E-state index < -0.39 is 10.0 Å². The van der Waals surface area contributed by atoms with Gasteiger partial charge in [0.1, 0.15) is 0 Å². The van der Waals surface area contributed by atoms with Gasteiger partial charge in [0.2, 0.25) is 15.9 Å². The van der Waals surface area contributed by atoms with Gasteiger partial charge < -0.3 is 4.90 Å². The molecule has 0 spiro atoms. The summed E-state index contributed by atoms with van der Waals surface area (Å²) in [5.41, 5.74) is 2.32. The lowest BCUT2D eigenvalue weighted by Crippen LogP contribution is -2.45. The summed E-state index contributed by atoms with van der Waals surface area (Å²) in [5.74, 6) is 0.823. The van der Waals surface area contributed by atoms with Crippen molar-refractivity contribution in [2.45, 2.75) is 37.5 Å². The number of aryl methyl sites for hydroxylation is 1. The average Bonchev–Trinajstić information content (AvgIpc) is 2.74. The quantitative estimate of drug-likeness (QED) is 0.746. The molecule has 4 saturated heterocycles. The minimum Gasteiger partial charge on any atom is -0.339 e. The van der Waals surface area contributed by atoms with E-state index in [1.54, 1.807) is 24.3 Å². The number of carbonyl (C=O) groups is 1. The lowest BCUT2D eigenvalue weighted by molar-refractivity contribution is -0.127. The molecule has 2 bridgehead atoms. The van der Waals surface area contributed by atoms with E-state index in [1.807, 2.05) is 17.9 Å². The van der Waals surface area contributed by atoms with E-state index in [1.165, 1.54) is 18.4 Å². The summed E-state index contributed by atoms with van der Waals surface area (Å²) in [7, 11) is -3.51. The molecule has 6 nitrogen and oxygen atoms in total. The largest absolute Gasteiger partial charge is 0.339 e. The predicted octanol–water partition coefficient (Wildman–Crippen LogP) is 2.16. The molecule has 1 atom stereocenters. The van der Waals surface area contributed by atoms with Crippen LogP contribution in [0.3, 0.4) is 0 Å². The highest BCUT2D eigenvalue weighted by Gasteiger charge is 2.31. The first-order chi connectivity index (χ1) is 13.9. The number of fused-ring (bicyclic) bond motifs is 3. The highest BCUT2D eigenvalue weighted by Crippen LogP contribution is 2.32. The fraction of sp³-hybridized carbons (Fsp3) is 0.591. The number of carbonyl (C=O) groups excluding carboxylic acids is 1. The molecule has 7 heteroatoms. The Hall–Kier alpha value is -1.70. The molecule has 1 N–H and O–H groups in total. The maximum atomic E-state index is 12.8. The Bertz CT molecular complexity index is 871. The molecule has 0 radical (unpaired) electrons. The van der Waals surface area contributed by atoms with Crippen LogP contribution < -0.4 is 4.72 Å². The fourth-order valence-electron chi connectivity index (χ4n) is 4.72. The van der Waals surface area contributed by atoms with Crippen molar-refractivity contribution in [3.8, 4) is 0 Å². The van der Waals surface area contributed by atoms with Crippen LogP contribution in [0, 0.1) is 18.8 Å². The van der Waals surface area contributed by atoms with Crippen LogP contribution in [0.15, 0.2) is 40.8 Å². The van der Waals surface area contributed by atoms with Crippen molar-refractivity contribution in [1.82, 2.24) is 14.5 Å². The third-order valence-electron chi connectivity index (χ3n) is 6.55. The van der Waals surface area contributed by atoms with Gasteiger partial charge in [0.15, 0.2) is 0 Å². The molecule has 0 saturated carbocycles. The second-order valence-electron chi connectivity index (χ2n) is 8.73. The standard InChI is InChI=1S/C22H31N3O3S/c1-17-4-6-21(7-5-17)29(27,28)23-14-18-3-2-10-25(15-18)22(26)13-20-16-24-11-8-19(20)9-12-24/h4-7,13,18-19,23H,2-3,8-12,14-16H2,1H3. The van der Waals surface area contributed by atoms with Gasteiger partial charge in [-0.25, -0.2) is 13.1 Å². The summed E-state index contributed by atoms with van der Waals surface area (Å²) >= 11 is 0. The van der Waals surface area contributed by atoms with Crippen molar-refractivity contribution in [3.63, 3.8) is 0 Å². The number of hydrogen-bond donors (Lipinski definition) is 1. The molecule has 1 aromatic rings. The average molecular weight is 418 g/mol. The summed E-state index contributed by atoms with van der Waals surface area (Å²) in [4.78, 5) is 17.5. The molecule has 4 heterocycles. The maximum Gasteiger partial charge on any atom is 0.246 e. The zero-order valence-corrected chi connectivity index (χ0v) is 18.0. The molecule has 4 aliphatic heterocycles. The van der Waals surface area contributed by atoms with Crippen molar-refractivity contribution in [3.05, 3.63) is 41.5 Å². The van der Waals surface area contributed by atoms with Crippen LogP contribution in [-0.2, 0) is 14.8 Å². The smallest absolute Gasteiger partial charge is 0.246 e. The molecule has 4 fully saturated rings. The summed E-state index contributed by atoms with van der Waals surface area (Å²) in [6, 6.07) is 6.87. The third kappa shape index (κ3) is 4.90. The number of likely N-dealkylation sites (tertiary alicyclic amines) is 1. The lowest BCUT2D eigenvalue weighted by Gasteiger charge is -2.41. The van der Waals surface area contributed by atoms with Crippen molar-refractivity contribution < 1.29 is 13.2 Å². The fourth-order valence-corrected chi connectivity index (χ4v) is 5.84. The normalized spacial score (nSPS) is 28.7. The van der Waals surface area contributed by atoms with E-state index in [9.17, 15) is 13.2 Å². The Morgan fingerprint density at radius 1 is 1.14 bits per heavy atom. The minimum absolute atomic E-state index is 0.0971. The van der Waals surface area contributed by atoms with Crippen LogP contribution in [0.1, 0.15) is 31.2 Å². The second kappa shape index (κ2) is 8.58. The highest BCUT2D eigenvalue weighted by atomic mass is 32.2. The van der Waals surface area contributed by atoms with Gasteiger partial charge in [-0.3, -0.25) is 9.69 Å². The van der Waals surface area contributed by atoms with E-state index in [2.05, 4.69) is 9.62 Å². The predicted molar refractivity (Wildman–Crippen MR) is 113 cm³/mol. The molecule has 29 heavy (non-hydrogen) atoms. The Labute approximate surface area is 174 Å². The molecule has 4 aliphatic rings. The minimum atomic E-state index is -3.51. The zero-order valence-electron chi connectivity index (χ0n) is 17.1. The molecular weight excluding hydrogens is 386 g/mol. The van der Waals surface area contributed by atoms with Crippen molar-refractivity contribution in [2.75, 3.05) is 39.3 Å². The number of hydrogen-bond acceptors (Lipinski definition) is 4. The summed E-state index contributed by atoms with van der Waals surface area (Å²) in [6.45, 7) is 6.93. The van der Waals surface area contributed by atoms with Crippen LogP contribution >= 0.6 is 0 Å². The number of sulfonamides is 1. The SMILES string of the molecule is Cc1ccc(S(=O)(=O)NCC2CCCN(C(=O)C=C3CN4CCC3CC4)C2)cc1. The Morgan fingerprint density at radius 2 is 1.86 bits per heavy atom. The summed E-state index contributed by atoms with van der Waals surface area (Å²) in [6.07, 6.45) is 6.06. The Kier molecular flexibility index (Phi) is 6.08. The van der Waals surface area contributed by atoms with E-state index >= 15 is 0 Å². The highest BCUT2D eigenvalue weighted by molar-refractivity contribution is 7.89. The van der Waals surface area contributed by atoms with Crippen LogP contribution in [0.2, 0.25) is 0 Å². The van der Waals surface area contributed by atoms with Gasteiger partial charge in [-0.1, -0.05) is 17.7 Å². The number of nitrogens with one attached hydrogen (secondary N) is 1. The van der Waals surface area contributed by atoms with E-state index in [4.69, 9.17) is 0 Å². The van der Waals surface area contributed by atoms with Crippen molar-refractivity contribution >= 4 is 15.9 Å². The lowest BCUT2D eigenvalue weighted by atomic mass is 9.83. The van der Waals surface area contributed by atoms with Crippen LogP contribution in [0.4, 0.5) is 0 Å². The van der Waals surface area contributed by atoms with Gasteiger partial charge >= 0.3 is 0 Å². The van der Waals surface area contributed by atoms with Gasteiger partial charge in [-0.05, 0) is 75.2 Å². The van der Waals surface area contributed by atoms with E-state index in [0.717, 1.165) is 44.6 Å². The van der Waals surface area contributed by atoms with Crippen molar-refractivity contribution in [1.29, 1.82) is 0 Å². The first kappa shape index (κ1) is 20.6. The molecule has 0 aliphatic carbocycles. The van der Waals surface area contributed by atoms with Crippen molar-refractivity contribution in [2.24, 2.45) is 11.8 Å². The first-order valence-corrected chi connectivity index (χ1v) is 12.2. The number of amides is 1. The van der Waals surface area contributed by atoms with Gasteiger partial charge in [-0.15, -0.1) is 0 Å². The van der Waals surface area contributed by atoms with Gasteiger partial charge in [0, 0.05) is 32.3 Å². The van der Waals surface area contributed by atoms with Gasteiger partial charge in [0.25, 0.3) is 0 Å². The number of piperidine rings is 4. The van der Waals surface area contributed by atoms with Gasteiger partial charge in [0.05, 0.1) is 4.90 Å². The monoisotopic (exact) mass is 417 g/mol. The molecule has 1 aromatic carbocycles. The summed E-state index contributed by atoms with van der Waals surface area (Å²) < 4.78 is 27.8. The molecule has 1 unspecified atom stereocenters. The van der Waals surface area contributed by atoms with Gasteiger partial charge in [-0.2, -0.15) is 0 Å².